The Morgan fingerprint density at radius 2 is 1.06 bits per heavy atom. The zero-order chi connectivity index (χ0) is 49.4. The summed E-state index contributed by atoms with van der Waals surface area (Å²) in [5.41, 5.74) is 26.9. The average Bonchev–Trinajstić information content (AvgIpc) is 4.12. The van der Waals surface area contributed by atoms with Crippen molar-refractivity contribution in [2.75, 3.05) is 52.0 Å². The summed E-state index contributed by atoms with van der Waals surface area (Å²) in [6.45, 7) is 3.56. The summed E-state index contributed by atoms with van der Waals surface area (Å²) in [6, 6.07) is 29.6. The van der Waals surface area contributed by atoms with Crippen LogP contribution >= 0.6 is 0 Å². The molecule has 0 radical (unpaired) electrons. The lowest BCUT2D eigenvalue weighted by molar-refractivity contribution is -0.127. The van der Waals surface area contributed by atoms with Crippen LogP contribution in [0.15, 0.2) is 119 Å². The van der Waals surface area contributed by atoms with Crippen molar-refractivity contribution >= 4 is 17.5 Å². The third-order valence-electron chi connectivity index (χ3n) is 12.8. The number of hydrogen-bond acceptors (Lipinski definition) is 18. The lowest BCUT2D eigenvalue weighted by Crippen LogP contribution is -2.46. The molecule has 2 aliphatic rings. The number of nitrogens with zero attached hydrogens (tertiary/aromatic N) is 9. The topological polar surface area (TPSA) is 291 Å². The first-order valence-electron chi connectivity index (χ1n) is 23.1. The largest absolute Gasteiger partial charge is 0.382 e. The second kappa shape index (κ2) is 21.2. The fraction of sp³-hybridized carbons (Fsp3) is 0.269. The molecule has 1 amide bonds. The molecule has 2 fully saturated rings. The van der Waals surface area contributed by atoms with Crippen molar-refractivity contribution in [1.29, 1.82) is 5.26 Å². The molecular formula is C52H52N14O5. The number of nitrogen functional groups attached to an aromatic ring is 2. The minimum atomic E-state index is -0.874. The van der Waals surface area contributed by atoms with Gasteiger partial charge in [-0.25, -0.2) is 19.9 Å². The number of rotatable bonds is 13. The van der Waals surface area contributed by atoms with Crippen LogP contribution in [-0.2, 0) is 38.2 Å². The van der Waals surface area contributed by atoms with E-state index in [0.717, 1.165) is 35.3 Å². The summed E-state index contributed by atoms with van der Waals surface area (Å²) in [5, 5.41) is 24.6. The van der Waals surface area contributed by atoms with E-state index >= 15 is 0 Å². The van der Waals surface area contributed by atoms with Crippen molar-refractivity contribution in [1.82, 2.24) is 50.9 Å². The van der Waals surface area contributed by atoms with E-state index in [9.17, 15) is 10.1 Å². The number of ether oxygens (including phenoxy) is 2. The molecule has 0 atom stereocenters. The van der Waals surface area contributed by atoms with E-state index in [4.69, 9.17) is 45.7 Å². The molecule has 0 spiro atoms. The smallest absolute Gasteiger partial charge is 0.229 e. The maximum absolute atomic E-state index is 12.4. The first-order chi connectivity index (χ1) is 34.6. The van der Waals surface area contributed by atoms with Crippen molar-refractivity contribution in [3.05, 3.63) is 132 Å². The second-order valence-electron chi connectivity index (χ2n) is 17.3. The molecule has 71 heavy (non-hydrogen) atoms. The van der Waals surface area contributed by atoms with Crippen LogP contribution in [0.1, 0.15) is 48.2 Å². The average molecular weight is 953 g/mol. The van der Waals surface area contributed by atoms with Gasteiger partial charge in [-0.05, 0) is 75.2 Å². The zero-order valence-corrected chi connectivity index (χ0v) is 39.3. The number of pyridine rings is 2. The van der Waals surface area contributed by atoms with Crippen molar-refractivity contribution in [2.45, 2.75) is 49.6 Å². The quantitative estimate of drug-likeness (QED) is 0.0832. The highest BCUT2D eigenvalue weighted by atomic mass is 16.5. The predicted molar refractivity (Wildman–Crippen MR) is 265 cm³/mol. The Hall–Kier alpha value is -8.28. The van der Waals surface area contributed by atoms with E-state index in [1.54, 1.807) is 36.9 Å². The monoisotopic (exact) mass is 952 g/mol. The molecule has 6 aromatic heterocycles. The van der Waals surface area contributed by atoms with Crippen LogP contribution in [0, 0.1) is 11.3 Å². The molecule has 0 aliphatic carbocycles. The Bertz CT molecular complexity index is 3170. The summed E-state index contributed by atoms with van der Waals surface area (Å²) in [7, 11) is 3.82. The van der Waals surface area contributed by atoms with E-state index < -0.39 is 16.7 Å². The van der Waals surface area contributed by atoms with Crippen LogP contribution < -0.4 is 27.8 Å². The predicted octanol–water partition coefficient (Wildman–Crippen LogP) is 6.43. The van der Waals surface area contributed by atoms with E-state index in [2.05, 4.69) is 47.0 Å². The first-order valence-corrected chi connectivity index (χ1v) is 23.1. The van der Waals surface area contributed by atoms with E-state index in [0.29, 0.717) is 109 Å². The lowest BCUT2D eigenvalue weighted by atomic mass is 9.76. The van der Waals surface area contributed by atoms with Gasteiger partial charge >= 0.3 is 0 Å². The molecular weight excluding hydrogens is 901 g/mol. The molecule has 2 saturated heterocycles. The summed E-state index contributed by atoms with van der Waals surface area (Å²) in [4.78, 5) is 39.5. The molecule has 8 heterocycles. The van der Waals surface area contributed by atoms with Gasteiger partial charge in [0.25, 0.3) is 0 Å². The van der Waals surface area contributed by atoms with Gasteiger partial charge in [-0.15, -0.1) is 0 Å². The maximum atomic E-state index is 12.4. The third kappa shape index (κ3) is 10.2. The number of aromatic nitrogens is 8. The number of anilines is 2. The highest BCUT2D eigenvalue weighted by Gasteiger charge is 2.42. The summed E-state index contributed by atoms with van der Waals surface area (Å²) in [6.07, 6.45) is 8.71. The van der Waals surface area contributed by atoms with Crippen LogP contribution in [0.4, 0.5) is 11.6 Å². The minimum Gasteiger partial charge on any atom is -0.382 e. The molecule has 8 N–H and O–H groups in total. The molecule has 8 aromatic rings. The SMILES string of the molecule is CNCc1ccc(-c2cc(-c3nc(-c4ccnc(C5(C#N)CCOCC5)c4)cnc3N)on2)cc1.CNCc1ccc(-c2cc(-c3nc(-c4ccnc(C5(C(N)=O)CCOCC5)c4)cnc3N)on2)cc1. The van der Waals surface area contributed by atoms with Crippen molar-refractivity contribution in [3.8, 4) is 74.0 Å². The van der Waals surface area contributed by atoms with E-state index in [1.807, 2.05) is 86.9 Å². The number of nitrogens with two attached hydrogens (primary N) is 3. The van der Waals surface area contributed by atoms with Gasteiger partial charge in [0, 0.05) is 86.3 Å². The molecule has 19 nitrogen and oxygen atoms in total. The highest BCUT2D eigenvalue weighted by molar-refractivity contribution is 5.87. The lowest BCUT2D eigenvalue weighted by Gasteiger charge is -2.33. The Morgan fingerprint density at radius 3 is 1.51 bits per heavy atom. The molecule has 2 aliphatic heterocycles. The number of amides is 1. The summed E-state index contributed by atoms with van der Waals surface area (Å²) >= 11 is 0. The number of nitriles is 1. The second-order valence-corrected chi connectivity index (χ2v) is 17.3. The van der Waals surface area contributed by atoms with E-state index in [1.165, 1.54) is 11.1 Å². The summed E-state index contributed by atoms with van der Waals surface area (Å²) < 4.78 is 22.1. The Kier molecular flexibility index (Phi) is 14.2. The Balaban J connectivity index is 0.000000176. The van der Waals surface area contributed by atoms with Crippen LogP contribution in [0.2, 0.25) is 0 Å². The van der Waals surface area contributed by atoms with E-state index in [-0.39, 0.29) is 11.6 Å². The van der Waals surface area contributed by atoms with Gasteiger partial charge in [0.15, 0.2) is 34.5 Å². The third-order valence-corrected chi connectivity index (χ3v) is 12.8. The van der Waals surface area contributed by atoms with Crippen molar-refractivity contribution < 1.29 is 23.3 Å². The molecule has 0 bridgehead atoms. The van der Waals surface area contributed by atoms with Crippen LogP contribution in [0.25, 0.3) is 67.9 Å². The molecule has 2 aromatic carbocycles. The molecule has 19 heteroatoms. The Morgan fingerprint density at radius 1 is 0.606 bits per heavy atom. The number of hydrogen-bond donors (Lipinski definition) is 5. The molecule has 360 valence electrons. The number of primary amides is 1. The standard InChI is InChI=1S/C26H27N7O3.C26H25N7O2/c1-29-14-16-2-4-17(5-3-16)19-13-21(36-33-19)23-24(27)31-15-20(32-23)18-6-9-30-22(12-18)26(25(28)34)7-10-35-11-8-26;1-29-14-17-2-4-18(5-3-17)20-13-22(35-33-20)24-25(28)31-15-21(32-24)19-6-9-30-23(12-19)26(16-27)7-10-34-11-8-26/h2-6,9,12-13,15,29H,7-8,10-11,14H2,1H3,(H2,27,31)(H2,28,34);2-6,9,12-13,15,29H,7-8,10-11,14H2,1H3,(H2,28,31). The van der Waals surface area contributed by atoms with Gasteiger partial charge in [0.1, 0.15) is 16.8 Å². The summed E-state index contributed by atoms with van der Waals surface area (Å²) in [5.74, 6) is 0.890. The van der Waals surface area contributed by atoms with Gasteiger partial charge < -0.3 is 46.4 Å². The molecule has 0 saturated carbocycles. The van der Waals surface area contributed by atoms with Gasteiger partial charge in [-0.3, -0.25) is 14.8 Å². The Labute approximate surface area is 409 Å². The maximum Gasteiger partial charge on any atom is 0.229 e. The van der Waals surface area contributed by atoms with Gasteiger partial charge in [-0.1, -0.05) is 58.8 Å². The van der Waals surface area contributed by atoms with Crippen molar-refractivity contribution in [3.63, 3.8) is 0 Å². The number of nitrogens with one attached hydrogen (secondary N) is 2. The highest BCUT2D eigenvalue weighted by Crippen LogP contribution is 2.38. The van der Waals surface area contributed by atoms with Crippen molar-refractivity contribution in [2.24, 2.45) is 5.73 Å². The van der Waals surface area contributed by atoms with Gasteiger partial charge in [-0.2, -0.15) is 5.26 Å². The van der Waals surface area contributed by atoms with Gasteiger partial charge in [0.2, 0.25) is 5.91 Å². The van der Waals surface area contributed by atoms with Crippen LogP contribution in [0.5, 0.6) is 0 Å². The fourth-order valence-electron chi connectivity index (χ4n) is 8.68. The van der Waals surface area contributed by atoms with Crippen LogP contribution in [-0.4, -0.2) is 86.6 Å². The first kappa shape index (κ1) is 47.8. The number of carbonyl (C=O) groups is 1. The number of carbonyl (C=O) groups excluding carboxylic acids is 1. The zero-order valence-electron chi connectivity index (χ0n) is 39.3. The minimum absolute atomic E-state index is 0.220. The normalized spacial score (nSPS) is 15.0. The number of benzene rings is 2. The fourth-order valence-corrected chi connectivity index (χ4v) is 8.68. The van der Waals surface area contributed by atoms with Crippen LogP contribution in [0.3, 0.4) is 0 Å². The molecule has 0 unspecified atom stereocenters. The van der Waals surface area contributed by atoms with Gasteiger partial charge in [0.05, 0.1) is 46.7 Å². The molecule has 10 rings (SSSR count).